The van der Waals surface area contributed by atoms with Gasteiger partial charge in [-0.3, -0.25) is 0 Å². The molecule has 122 valence electrons. The molecule has 0 aliphatic heterocycles. The summed E-state index contributed by atoms with van der Waals surface area (Å²) < 4.78 is 7.64. The molecule has 0 spiro atoms. The Kier molecular flexibility index (Phi) is 3.96. The van der Waals surface area contributed by atoms with Crippen LogP contribution in [-0.4, -0.2) is 19.5 Å². The number of ether oxygens (including phenoxy) is 1. The minimum atomic E-state index is 0.325. The summed E-state index contributed by atoms with van der Waals surface area (Å²) >= 11 is 0. The second-order valence-electron chi connectivity index (χ2n) is 5.69. The molecule has 0 saturated heterocycles. The van der Waals surface area contributed by atoms with Crippen molar-refractivity contribution in [2.45, 2.75) is 6.92 Å². The first-order valence-corrected chi connectivity index (χ1v) is 7.93. The van der Waals surface area contributed by atoms with Gasteiger partial charge in [-0.15, -0.1) is 0 Å². The van der Waals surface area contributed by atoms with Crippen LogP contribution in [0.25, 0.3) is 16.8 Å². The lowest BCUT2D eigenvalue weighted by Gasteiger charge is -2.07. The Morgan fingerprint density at radius 1 is 0.840 bits per heavy atom. The fraction of sp³-hybridized carbons (Fsp3) is 0.0500. The molecule has 0 unspecified atom stereocenters. The molecule has 5 nitrogen and oxygen atoms in total. The van der Waals surface area contributed by atoms with E-state index in [9.17, 15) is 0 Å². The second kappa shape index (κ2) is 6.57. The lowest BCUT2D eigenvalue weighted by atomic mass is 10.1. The summed E-state index contributed by atoms with van der Waals surface area (Å²) in [6.45, 7) is 2.06. The summed E-state index contributed by atoms with van der Waals surface area (Å²) in [6, 6.07) is 16.3. The summed E-state index contributed by atoms with van der Waals surface area (Å²) in [7, 11) is 0. The number of nitrogens with zero attached hydrogens (tertiary/aromatic N) is 4. The van der Waals surface area contributed by atoms with Gasteiger partial charge in [0.15, 0.2) is 0 Å². The molecule has 2 heterocycles. The van der Waals surface area contributed by atoms with Crippen LogP contribution in [0.4, 0.5) is 0 Å². The molecule has 0 fully saturated rings. The lowest BCUT2D eigenvalue weighted by Crippen LogP contribution is -1.93. The van der Waals surface area contributed by atoms with Gasteiger partial charge in [0.1, 0.15) is 5.75 Å². The van der Waals surface area contributed by atoms with Gasteiger partial charge in [-0.2, -0.15) is 0 Å². The van der Waals surface area contributed by atoms with E-state index in [1.54, 1.807) is 24.9 Å². The van der Waals surface area contributed by atoms with E-state index in [-0.39, 0.29) is 0 Å². The third-order valence-electron chi connectivity index (χ3n) is 3.86. The minimum absolute atomic E-state index is 0.325. The van der Waals surface area contributed by atoms with Crippen LogP contribution >= 0.6 is 0 Å². The van der Waals surface area contributed by atoms with Crippen LogP contribution in [0.3, 0.4) is 0 Å². The first kappa shape index (κ1) is 15.1. The molecule has 2 aromatic carbocycles. The van der Waals surface area contributed by atoms with Crippen LogP contribution in [0.5, 0.6) is 11.8 Å². The van der Waals surface area contributed by atoms with E-state index < -0.39 is 0 Å². The van der Waals surface area contributed by atoms with Crippen LogP contribution in [0.1, 0.15) is 5.56 Å². The SMILES string of the molecule is Cc1ccc(-c2cnc(Oc3ccc(-n4ccnc4)cc3)nc2)cc1. The monoisotopic (exact) mass is 328 g/mol. The molecule has 0 radical (unpaired) electrons. The third-order valence-corrected chi connectivity index (χ3v) is 3.86. The van der Waals surface area contributed by atoms with Crippen molar-refractivity contribution in [3.63, 3.8) is 0 Å². The number of hydrogen-bond acceptors (Lipinski definition) is 4. The van der Waals surface area contributed by atoms with Gasteiger partial charge >= 0.3 is 6.01 Å². The fourth-order valence-electron chi connectivity index (χ4n) is 2.47. The van der Waals surface area contributed by atoms with Gasteiger partial charge in [-0.1, -0.05) is 29.8 Å². The number of aryl methyl sites for hydroxylation is 1. The molecule has 0 saturated carbocycles. The first-order valence-electron chi connectivity index (χ1n) is 7.93. The number of aromatic nitrogens is 4. The van der Waals surface area contributed by atoms with E-state index >= 15 is 0 Å². The van der Waals surface area contributed by atoms with Crippen molar-refractivity contribution in [1.29, 1.82) is 0 Å². The Bertz CT molecular complexity index is 944. The Morgan fingerprint density at radius 2 is 1.56 bits per heavy atom. The third kappa shape index (κ3) is 3.40. The van der Waals surface area contributed by atoms with Gasteiger partial charge in [0, 0.05) is 36.0 Å². The molecule has 2 aromatic heterocycles. The minimum Gasteiger partial charge on any atom is -0.424 e. The smallest absolute Gasteiger partial charge is 0.321 e. The fourth-order valence-corrected chi connectivity index (χ4v) is 2.47. The largest absolute Gasteiger partial charge is 0.424 e. The van der Waals surface area contributed by atoms with E-state index in [2.05, 4.69) is 46.1 Å². The van der Waals surface area contributed by atoms with E-state index in [4.69, 9.17) is 4.74 Å². The predicted octanol–water partition coefficient (Wildman–Crippen LogP) is 4.43. The van der Waals surface area contributed by atoms with Gasteiger partial charge in [0.25, 0.3) is 0 Å². The average Bonchev–Trinajstić information content (AvgIpc) is 3.19. The van der Waals surface area contributed by atoms with Gasteiger partial charge in [-0.25, -0.2) is 15.0 Å². The lowest BCUT2D eigenvalue weighted by molar-refractivity contribution is 0.442. The van der Waals surface area contributed by atoms with Crippen LogP contribution in [0.15, 0.2) is 79.6 Å². The normalized spacial score (nSPS) is 10.6. The maximum atomic E-state index is 5.71. The Morgan fingerprint density at radius 3 is 2.20 bits per heavy atom. The Balaban J connectivity index is 1.48. The molecule has 0 aliphatic rings. The van der Waals surface area contributed by atoms with E-state index in [1.807, 2.05) is 35.0 Å². The molecule has 0 N–H and O–H groups in total. The molecule has 0 amide bonds. The summed E-state index contributed by atoms with van der Waals surface area (Å²) in [5.74, 6) is 0.687. The molecule has 25 heavy (non-hydrogen) atoms. The van der Waals surface area contributed by atoms with Crippen molar-refractivity contribution < 1.29 is 4.74 Å². The van der Waals surface area contributed by atoms with E-state index in [1.165, 1.54) is 5.56 Å². The topological polar surface area (TPSA) is 52.8 Å². The molecule has 0 atom stereocenters. The van der Waals surface area contributed by atoms with Gasteiger partial charge in [0.2, 0.25) is 0 Å². The summed E-state index contributed by atoms with van der Waals surface area (Å²) in [5, 5.41) is 0. The van der Waals surface area contributed by atoms with Gasteiger partial charge < -0.3 is 9.30 Å². The van der Waals surface area contributed by atoms with Crippen LogP contribution in [0.2, 0.25) is 0 Å². The highest BCUT2D eigenvalue weighted by molar-refractivity contribution is 5.61. The number of benzene rings is 2. The van der Waals surface area contributed by atoms with Crippen molar-refractivity contribution in [1.82, 2.24) is 19.5 Å². The maximum Gasteiger partial charge on any atom is 0.321 e. The Labute approximate surface area is 145 Å². The highest BCUT2D eigenvalue weighted by Crippen LogP contribution is 2.22. The van der Waals surface area contributed by atoms with Crippen molar-refractivity contribution >= 4 is 0 Å². The molecular weight excluding hydrogens is 312 g/mol. The highest BCUT2D eigenvalue weighted by atomic mass is 16.5. The number of hydrogen-bond donors (Lipinski definition) is 0. The van der Waals surface area contributed by atoms with Crippen LogP contribution in [0, 0.1) is 6.92 Å². The number of imidazole rings is 1. The summed E-state index contributed by atoms with van der Waals surface area (Å²) in [4.78, 5) is 12.6. The van der Waals surface area contributed by atoms with Crippen LogP contribution in [-0.2, 0) is 0 Å². The second-order valence-corrected chi connectivity index (χ2v) is 5.69. The van der Waals surface area contributed by atoms with Gasteiger partial charge in [0.05, 0.1) is 6.33 Å². The zero-order chi connectivity index (χ0) is 17.1. The van der Waals surface area contributed by atoms with Crippen LogP contribution < -0.4 is 4.74 Å². The standard InChI is InChI=1S/C20H16N4O/c1-15-2-4-16(5-3-15)17-12-22-20(23-13-17)25-19-8-6-18(7-9-19)24-11-10-21-14-24/h2-14H,1H3. The first-order chi connectivity index (χ1) is 12.3. The van der Waals surface area contributed by atoms with Gasteiger partial charge in [-0.05, 0) is 36.8 Å². The molecule has 5 heteroatoms. The molecule has 4 rings (SSSR count). The van der Waals surface area contributed by atoms with E-state index in [0.717, 1.165) is 16.8 Å². The van der Waals surface area contributed by atoms with E-state index in [0.29, 0.717) is 11.8 Å². The van der Waals surface area contributed by atoms with Crippen molar-refractivity contribution in [2.75, 3.05) is 0 Å². The highest BCUT2D eigenvalue weighted by Gasteiger charge is 2.04. The summed E-state index contributed by atoms with van der Waals surface area (Å²) in [5.41, 5.74) is 4.29. The van der Waals surface area contributed by atoms with Crippen molar-refractivity contribution in [3.8, 4) is 28.6 Å². The van der Waals surface area contributed by atoms with Crippen molar-refractivity contribution in [2.24, 2.45) is 0 Å². The molecule has 4 aromatic rings. The Hall–Kier alpha value is -3.47. The molecular formula is C20H16N4O. The molecule has 0 aliphatic carbocycles. The average molecular weight is 328 g/mol. The number of rotatable bonds is 4. The zero-order valence-electron chi connectivity index (χ0n) is 13.7. The van der Waals surface area contributed by atoms with Crippen molar-refractivity contribution in [3.05, 3.63) is 85.2 Å². The maximum absolute atomic E-state index is 5.71. The quantitative estimate of drug-likeness (QED) is 0.556. The molecule has 0 bridgehead atoms. The predicted molar refractivity (Wildman–Crippen MR) is 95.8 cm³/mol. The zero-order valence-corrected chi connectivity index (χ0v) is 13.7. The summed E-state index contributed by atoms with van der Waals surface area (Å²) in [6.07, 6.45) is 8.93.